The van der Waals surface area contributed by atoms with Crippen LogP contribution in [0.1, 0.15) is 24.0 Å². The van der Waals surface area contributed by atoms with Crippen molar-refractivity contribution in [2.24, 2.45) is 0 Å². The van der Waals surface area contributed by atoms with E-state index in [4.69, 9.17) is 11.6 Å². The standard InChI is InChI=1S/C16H13ClF3NO/c1-9(10-3-5-13(18)15(20)6-10)16(22)21-8-11-2-4-12(17)7-14(11)19/h2-7,9H,8H2,1H3,(H,21,22). The molecule has 116 valence electrons. The highest BCUT2D eigenvalue weighted by molar-refractivity contribution is 6.30. The summed E-state index contributed by atoms with van der Waals surface area (Å²) >= 11 is 5.64. The van der Waals surface area contributed by atoms with E-state index < -0.39 is 29.3 Å². The molecular weight excluding hydrogens is 315 g/mol. The Labute approximate surface area is 130 Å². The van der Waals surface area contributed by atoms with Crippen LogP contribution in [0, 0.1) is 17.5 Å². The summed E-state index contributed by atoms with van der Waals surface area (Å²) in [6.07, 6.45) is 0. The fourth-order valence-corrected chi connectivity index (χ4v) is 2.09. The Morgan fingerprint density at radius 3 is 2.45 bits per heavy atom. The lowest BCUT2D eigenvalue weighted by atomic mass is 10.00. The summed E-state index contributed by atoms with van der Waals surface area (Å²) in [6, 6.07) is 7.42. The molecule has 0 fully saturated rings. The summed E-state index contributed by atoms with van der Waals surface area (Å²) in [7, 11) is 0. The van der Waals surface area contributed by atoms with Crippen molar-refractivity contribution in [2.75, 3.05) is 0 Å². The van der Waals surface area contributed by atoms with Crippen molar-refractivity contribution in [3.8, 4) is 0 Å². The van der Waals surface area contributed by atoms with Gasteiger partial charge in [-0.1, -0.05) is 23.7 Å². The van der Waals surface area contributed by atoms with Crippen molar-refractivity contribution >= 4 is 17.5 Å². The number of amides is 1. The van der Waals surface area contributed by atoms with E-state index in [0.29, 0.717) is 5.56 Å². The maximum atomic E-state index is 13.6. The second-order valence-corrected chi connectivity index (χ2v) is 5.29. The third-order valence-corrected chi connectivity index (χ3v) is 3.54. The van der Waals surface area contributed by atoms with E-state index in [-0.39, 0.29) is 17.1 Å². The van der Waals surface area contributed by atoms with Crippen LogP contribution in [0.2, 0.25) is 5.02 Å². The lowest BCUT2D eigenvalue weighted by molar-refractivity contribution is -0.122. The Bertz CT molecular complexity index is 706. The summed E-state index contributed by atoms with van der Waals surface area (Å²) in [6.45, 7) is 1.54. The zero-order chi connectivity index (χ0) is 16.3. The van der Waals surface area contributed by atoms with E-state index in [1.165, 1.54) is 18.2 Å². The average Bonchev–Trinajstić information content (AvgIpc) is 2.48. The van der Waals surface area contributed by atoms with Crippen molar-refractivity contribution in [1.82, 2.24) is 5.32 Å². The van der Waals surface area contributed by atoms with Crippen molar-refractivity contribution in [1.29, 1.82) is 0 Å². The number of nitrogens with one attached hydrogen (secondary N) is 1. The molecule has 22 heavy (non-hydrogen) atoms. The zero-order valence-corrected chi connectivity index (χ0v) is 12.4. The summed E-state index contributed by atoms with van der Waals surface area (Å²) in [5.74, 6) is -3.61. The molecule has 0 saturated carbocycles. The van der Waals surface area contributed by atoms with Gasteiger partial charge in [0.25, 0.3) is 0 Å². The normalized spacial score (nSPS) is 12.0. The van der Waals surface area contributed by atoms with Crippen molar-refractivity contribution in [2.45, 2.75) is 19.4 Å². The molecule has 2 nitrogen and oxygen atoms in total. The van der Waals surface area contributed by atoms with E-state index in [1.54, 1.807) is 6.92 Å². The predicted octanol–water partition coefficient (Wildman–Crippen LogP) is 4.18. The average molecular weight is 328 g/mol. The van der Waals surface area contributed by atoms with Gasteiger partial charge in [-0.05, 0) is 36.8 Å². The highest BCUT2D eigenvalue weighted by Gasteiger charge is 2.17. The molecule has 1 amide bonds. The van der Waals surface area contributed by atoms with Gasteiger partial charge in [-0.15, -0.1) is 0 Å². The molecule has 1 atom stereocenters. The highest BCUT2D eigenvalue weighted by Crippen LogP contribution is 2.19. The van der Waals surface area contributed by atoms with Gasteiger partial charge in [-0.25, -0.2) is 13.2 Å². The minimum Gasteiger partial charge on any atom is -0.351 e. The third-order valence-electron chi connectivity index (χ3n) is 3.31. The fourth-order valence-electron chi connectivity index (χ4n) is 1.93. The van der Waals surface area contributed by atoms with Gasteiger partial charge in [-0.2, -0.15) is 0 Å². The summed E-state index contributed by atoms with van der Waals surface area (Å²) in [5, 5.41) is 2.82. The Hall–Kier alpha value is -2.01. The largest absolute Gasteiger partial charge is 0.351 e. The minimum absolute atomic E-state index is 0.0180. The van der Waals surface area contributed by atoms with E-state index in [2.05, 4.69) is 5.32 Å². The first-order valence-electron chi connectivity index (χ1n) is 6.55. The molecule has 2 rings (SSSR count). The Kier molecular flexibility index (Phi) is 5.08. The SMILES string of the molecule is CC(C(=O)NCc1ccc(Cl)cc1F)c1ccc(F)c(F)c1. The first-order chi connectivity index (χ1) is 10.4. The first-order valence-corrected chi connectivity index (χ1v) is 6.93. The maximum absolute atomic E-state index is 13.6. The molecule has 0 saturated heterocycles. The van der Waals surface area contributed by atoms with E-state index >= 15 is 0 Å². The number of hydrogen-bond acceptors (Lipinski definition) is 1. The topological polar surface area (TPSA) is 29.1 Å². The van der Waals surface area contributed by atoms with Gasteiger partial charge in [0.2, 0.25) is 5.91 Å². The van der Waals surface area contributed by atoms with Crippen LogP contribution in [0.25, 0.3) is 0 Å². The van der Waals surface area contributed by atoms with E-state index in [9.17, 15) is 18.0 Å². The van der Waals surface area contributed by atoms with Crippen LogP contribution >= 0.6 is 11.6 Å². The van der Waals surface area contributed by atoms with Gasteiger partial charge in [0.05, 0.1) is 5.92 Å². The second kappa shape index (κ2) is 6.83. The minimum atomic E-state index is -1.01. The summed E-state index contributed by atoms with van der Waals surface area (Å²) in [4.78, 5) is 12.0. The lowest BCUT2D eigenvalue weighted by Gasteiger charge is -2.13. The molecule has 1 unspecified atom stereocenters. The van der Waals surface area contributed by atoms with Gasteiger partial charge in [0.1, 0.15) is 5.82 Å². The summed E-state index contributed by atoms with van der Waals surface area (Å²) < 4.78 is 39.7. The lowest BCUT2D eigenvalue weighted by Crippen LogP contribution is -2.28. The number of carbonyl (C=O) groups excluding carboxylic acids is 1. The van der Waals surface area contributed by atoms with Crippen LogP contribution < -0.4 is 5.32 Å². The molecule has 0 radical (unpaired) electrons. The van der Waals surface area contributed by atoms with Crippen LogP contribution in [0.4, 0.5) is 13.2 Å². The number of halogens is 4. The molecule has 0 heterocycles. The van der Waals surface area contributed by atoms with Crippen LogP contribution in [0.3, 0.4) is 0 Å². The maximum Gasteiger partial charge on any atom is 0.227 e. The van der Waals surface area contributed by atoms with Gasteiger partial charge >= 0.3 is 0 Å². The first kappa shape index (κ1) is 16.4. The predicted molar refractivity (Wildman–Crippen MR) is 78.0 cm³/mol. The molecule has 0 aliphatic carbocycles. The molecule has 0 aliphatic heterocycles. The van der Waals surface area contributed by atoms with Gasteiger partial charge in [0.15, 0.2) is 11.6 Å². The molecular formula is C16H13ClF3NO. The van der Waals surface area contributed by atoms with Crippen molar-refractivity contribution < 1.29 is 18.0 Å². The Morgan fingerprint density at radius 1 is 1.09 bits per heavy atom. The fraction of sp³-hybridized carbons (Fsp3) is 0.188. The molecule has 6 heteroatoms. The Balaban J connectivity index is 2.03. The molecule has 0 spiro atoms. The van der Waals surface area contributed by atoms with Crippen LogP contribution in [-0.2, 0) is 11.3 Å². The highest BCUT2D eigenvalue weighted by atomic mass is 35.5. The number of carbonyl (C=O) groups is 1. The molecule has 1 N–H and O–H groups in total. The molecule has 0 bridgehead atoms. The molecule has 0 aliphatic rings. The smallest absolute Gasteiger partial charge is 0.227 e. The number of rotatable bonds is 4. The van der Waals surface area contributed by atoms with Crippen LogP contribution in [0.5, 0.6) is 0 Å². The second-order valence-electron chi connectivity index (χ2n) is 4.85. The molecule has 2 aromatic rings. The van der Waals surface area contributed by atoms with Crippen LogP contribution in [-0.4, -0.2) is 5.91 Å². The quantitative estimate of drug-likeness (QED) is 0.897. The molecule has 2 aromatic carbocycles. The summed E-state index contributed by atoms with van der Waals surface area (Å²) in [5.41, 5.74) is 0.628. The van der Waals surface area contributed by atoms with Crippen molar-refractivity contribution in [3.05, 3.63) is 70.0 Å². The monoisotopic (exact) mass is 327 g/mol. The zero-order valence-electron chi connectivity index (χ0n) is 11.7. The van der Waals surface area contributed by atoms with Crippen LogP contribution in [0.15, 0.2) is 36.4 Å². The third kappa shape index (κ3) is 3.80. The number of benzene rings is 2. The number of hydrogen-bond donors (Lipinski definition) is 1. The van der Waals surface area contributed by atoms with Gasteiger partial charge in [-0.3, -0.25) is 4.79 Å². The Morgan fingerprint density at radius 2 is 1.82 bits per heavy atom. The van der Waals surface area contributed by atoms with E-state index in [0.717, 1.165) is 18.2 Å². The van der Waals surface area contributed by atoms with Gasteiger partial charge < -0.3 is 5.32 Å². The van der Waals surface area contributed by atoms with E-state index in [1.807, 2.05) is 0 Å². The van der Waals surface area contributed by atoms with Crippen molar-refractivity contribution in [3.63, 3.8) is 0 Å². The van der Waals surface area contributed by atoms with Gasteiger partial charge in [0, 0.05) is 17.1 Å². The molecule has 0 aromatic heterocycles.